The fourth-order valence-corrected chi connectivity index (χ4v) is 2.37. The summed E-state index contributed by atoms with van der Waals surface area (Å²) in [7, 11) is 0. The Morgan fingerprint density at radius 2 is 1.57 bits per heavy atom. The monoisotopic (exact) mass is 297 g/mol. The van der Waals surface area contributed by atoms with Crippen LogP contribution < -0.4 is 5.73 Å². The molecule has 2 aromatic carbocycles. The zero-order valence-corrected chi connectivity index (χ0v) is 11.6. The van der Waals surface area contributed by atoms with Crippen LogP contribution in [0.5, 0.6) is 0 Å². The first-order valence-corrected chi connectivity index (χ1v) is 6.39. The predicted molar refractivity (Wildman–Crippen MR) is 73.3 cm³/mol. The molecule has 0 aliphatic rings. The third kappa shape index (κ3) is 3.24. The average Bonchev–Trinajstić information content (AvgIpc) is 2.36. The maximum Gasteiger partial charge on any atom is 0.416 e. The highest BCUT2D eigenvalue weighted by atomic mass is 19.4. The van der Waals surface area contributed by atoms with E-state index in [2.05, 4.69) is 0 Å². The summed E-state index contributed by atoms with van der Waals surface area (Å²) in [5.74, 6) is -0.445. The lowest BCUT2D eigenvalue weighted by molar-refractivity contribution is -0.137. The molecule has 0 saturated carbocycles. The van der Waals surface area contributed by atoms with Gasteiger partial charge in [-0.15, -0.1) is 0 Å². The Kier molecular flexibility index (Phi) is 4.05. The van der Waals surface area contributed by atoms with E-state index in [0.717, 1.165) is 17.7 Å². The Bertz CT molecular complexity index is 621. The van der Waals surface area contributed by atoms with Gasteiger partial charge in [0.1, 0.15) is 5.82 Å². The van der Waals surface area contributed by atoms with E-state index in [1.165, 1.54) is 18.2 Å². The van der Waals surface area contributed by atoms with E-state index in [1.54, 1.807) is 19.9 Å². The number of aryl methyl sites for hydroxylation is 2. The molecule has 112 valence electrons. The van der Waals surface area contributed by atoms with Crippen molar-refractivity contribution >= 4 is 0 Å². The predicted octanol–water partition coefficient (Wildman–Crippen LogP) is 4.51. The summed E-state index contributed by atoms with van der Waals surface area (Å²) < 4.78 is 51.6. The van der Waals surface area contributed by atoms with Gasteiger partial charge < -0.3 is 5.73 Å². The number of nitrogens with two attached hydrogens (primary N) is 1. The van der Waals surface area contributed by atoms with Gasteiger partial charge in [0.2, 0.25) is 0 Å². The molecule has 1 nitrogen and oxygen atoms in total. The lowest BCUT2D eigenvalue weighted by Crippen LogP contribution is -2.16. The average molecular weight is 297 g/mol. The third-order valence-corrected chi connectivity index (χ3v) is 3.39. The second kappa shape index (κ2) is 5.48. The molecule has 2 aromatic rings. The minimum atomic E-state index is -4.40. The minimum absolute atomic E-state index is 0.306. The van der Waals surface area contributed by atoms with Crippen molar-refractivity contribution in [3.63, 3.8) is 0 Å². The van der Waals surface area contributed by atoms with Crippen molar-refractivity contribution in [2.75, 3.05) is 0 Å². The van der Waals surface area contributed by atoms with Crippen LogP contribution in [0.2, 0.25) is 0 Å². The highest BCUT2D eigenvalue weighted by Crippen LogP contribution is 2.31. The van der Waals surface area contributed by atoms with Crippen molar-refractivity contribution in [3.05, 3.63) is 70.0 Å². The van der Waals surface area contributed by atoms with Crippen molar-refractivity contribution < 1.29 is 17.6 Å². The van der Waals surface area contributed by atoms with Crippen LogP contribution >= 0.6 is 0 Å². The minimum Gasteiger partial charge on any atom is -0.320 e. The number of hydrogen-bond acceptors (Lipinski definition) is 1. The molecule has 0 aliphatic heterocycles. The van der Waals surface area contributed by atoms with Crippen molar-refractivity contribution in [2.24, 2.45) is 5.73 Å². The topological polar surface area (TPSA) is 26.0 Å². The highest BCUT2D eigenvalue weighted by Gasteiger charge is 2.30. The van der Waals surface area contributed by atoms with Gasteiger partial charge in [0, 0.05) is 5.56 Å². The van der Waals surface area contributed by atoms with Gasteiger partial charge >= 0.3 is 6.18 Å². The van der Waals surface area contributed by atoms with Crippen molar-refractivity contribution in [2.45, 2.75) is 26.1 Å². The smallest absolute Gasteiger partial charge is 0.320 e. The molecular weight excluding hydrogens is 282 g/mol. The van der Waals surface area contributed by atoms with E-state index in [-0.39, 0.29) is 0 Å². The summed E-state index contributed by atoms with van der Waals surface area (Å²) in [6, 6.07) is 6.84. The summed E-state index contributed by atoms with van der Waals surface area (Å²) in [6.45, 7) is 3.50. The molecule has 0 heterocycles. The first kappa shape index (κ1) is 15.5. The van der Waals surface area contributed by atoms with E-state index in [4.69, 9.17) is 5.73 Å². The quantitative estimate of drug-likeness (QED) is 0.811. The zero-order chi connectivity index (χ0) is 15.8. The van der Waals surface area contributed by atoms with Crippen LogP contribution in [0.25, 0.3) is 0 Å². The third-order valence-electron chi connectivity index (χ3n) is 3.39. The Balaban J connectivity index is 2.39. The first-order chi connectivity index (χ1) is 9.70. The number of benzene rings is 2. The van der Waals surface area contributed by atoms with Crippen LogP contribution in [0.3, 0.4) is 0 Å². The number of alkyl halides is 3. The van der Waals surface area contributed by atoms with E-state index in [0.29, 0.717) is 16.7 Å². The molecule has 1 atom stereocenters. The summed E-state index contributed by atoms with van der Waals surface area (Å²) in [6.07, 6.45) is -4.40. The van der Waals surface area contributed by atoms with Gasteiger partial charge in [-0.05, 0) is 48.7 Å². The van der Waals surface area contributed by atoms with E-state index < -0.39 is 23.6 Å². The Morgan fingerprint density at radius 3 is 2.05 bits per heavy atom. The van der Waals surface area contributed by atoms with Crippen LogP contribution in [-0.4, -0.2) is 0 Å². The number of halogens is 4. The fourth-order valence-electron chi connectivity index (χ4n) is 2.37. The van der Waals surface area contributed by atoms with Gasteiger partial charge in [-0.3, -0.25) is 0 Å². The van der Waals surface area contributed by atoms with Gasteiger partial charge in [-0.2, -0.15) is 13.2 Å². The molecule has 21 heavy (non-hydrogen) atoms. The molecule has 0 amide bonds. The van der Waals surface area contributed by atoms with Gasteiger partial charge in [0.05, 0.1) is 11.6 Å². The molecule has 2 N–H and O–H groups in total. The molecule has 1 unspecified atom stereocenters. The van der Waals surface area contributed by atoms with E-state index in [9.17, 15) is 17.6 Å². The maximum absolute atomic E-state index is 14.1. The van der Waals surface area contributed by atoms with Crippen LogP contribution in [-0.2, 0) is 6.18 Å². The summed E-state index contributed by atoms with van der Waals surface area (Å²) >= 11 is 0. The van der Waals surface area contributed by atoms with Crippen LogP contribution in [0, 0.1) is 19.7 Å². The van der Waals surface area contributed by atoms with Gasteiger partial charge in [0.25, 0.3) is 0 Å². The summed E-state index contributed by atoms with van der Waals surface area (Å²) in [5, 5.41) is 0. The molecule has 0 spiro atoms. The van der Waals surface area contributed by atoms with Crippen LogP contribution in [0.4, 0.5) is 17.6 Å². The molecule has 0 aliphatic carbocycles. The standard InChI is InChI=1S/C16H15F4N/c1-9-7-10(2)14(13(17)8-9)15(21)11-3-5-12(6-4-11)16(18,19)20/h3-8,15H,21H2,1-2H3. The van der Waals surface area contributed by atoms with Crippen LogP contribution in [0.15, 0.2) is 36.4 Å². The number of rotatable bonds is 2. The van der Waals surface area contributed by atoms with E-state index in [1.807, 2.05) is 0 Å². The van der Waals surface area contributed by atoms with Crippen molar-refractivity contribution in [1.82, 2.24) is 0 Å². The Morgan fingerprint density at radius 1 is 1.00 bits per heavy atom. The molecule has 5 heteroatoms. The zero-order valence-electron chi connectivity index (χ0n) is 11.6. The molecule has 2 rings (SSSR count). The number of hydrogen-bond donors (Lipinski definition) is 1. The Hall–Kier alpha value is -1.88. The SMILES string of the molecule is Cc1cc(C)c(C(N)c2ccc(C(F)(F)F)cc2)c(F)c1. The molecular formula is C16H15F4N. The van der Waals surface area contributed by atoms with E-state index >= 15 is 0 Å². The molecule has 0 radical (unpaired) electrons. The summed E-state index contributed by atoms with van der Waals surface area (Å²) in [5.41, 5.74) is 7.45. The lowest BCUT2D eigenvalue weighted by Gasteiger charge is -2.17. The molecule has 0 fully saturated rings. The normalized spacial score (nSPS) is 13.3. The van der Waals surface area contributed by atoms with Crippen molar-refractivity contribution in [3.8, 4) is 0 Å². The second-order valence-corrected chi connectivity index (χ2v) is 5.07. The van der Waals surface area contributed by atoms with Crippen molar-refractivity contribution in [1.29, 1.82) is 0 Å². The molecule has 0 saturated heterocycles. The lowest BCUT2D eigenvalue weighted by atomic mass is 9.93. The largest absolute Gasteiger partial charge is 0.416 e. The summed E-state index contributed by atoms with van der Waals surface area (Å²) in [4.78, 5) is 0. The van der Waals surface area contributed by atoms with Gasteiger partial charge in [0.15, 0.2) is 0 Å². The maximum atomic E-state index is 14.1. The van der Waals surface area contributed by atoms with Gasteiger partial charge in [-0.25, -0.2) is 4.39 Å². The van der Waals surface area contributed by atoms with Crippen LogP contribution in [0.1, 0.15) is 33.9 Å². The highest BCUT2D eigenvalue weighted by molar-refractivity contribution is 5.40. The Labute approximate surface area is 120 Å². The molecule has 0 bridgehead atoms. The van der Waals surface area contributed by atoms with Gasteiger partial charge in [-0.1, -0.05) is 18.2 Å². The molecule has 0 aromatic heterocycles. The first-order valence-electron chi connectivity index (χ1n) is 6.39. The second-order valence-electron chi connectivity index (χ2n) is 5.07. The fraction of sp³-hybridized carbons (Fsp3) is 0.250.